The molecule has 0 heterocycles. The topological polar surface area (TPSA) is 47.6 Å². The fraction of sp³-hybridized carbons (Fsp3) is 0.296. The Hall–Kier alpha value is -2.98. The summed E-state index contributed by atoms with van der Waals surface area (Å²) in [5.41, 5.74) is 3.72. The largest absolute Gasteiger partial charge is 0.496 e. The predicted molar refractivity (Wildman–Crippen MR) is 130 cm³/mol. The lowest BCUT2D eigenvalue weighted by Crippen LogP contribution is -2.27. The smallest absolute Gasteiger partial charge is 0.251 e. The molecule has 0 aliphatic rings. The molecule has 168 valence electrons. The van der Waals surface area contributed by atoms with Crippen molar-refractivity contribution in [3.63, 3.8) is 0 Å². The molecule has 4 nitrogen and oxygen atoms in total. The zero-order valence-electron chi connectivity index (χ0n) is 19.2. The second kappa shape index (κ2) is 10.1. The van der Waals surface area contributed by atoms with Crippen LogP contribution in [0.1, 0.15) is 60.8 Å². The van der Waals surface area contributed by atoms with Gasteiger partial charge >= 0.3 is 0 Å². The first-order chi connectivity index (χ1) is 15.2. The van der Waals surface area contributed by atoms with Gasteiger partial charge in [0.1, 0.15) is 18.1 Å². The van der Waals surface area contributed by atoms with Crippen molar-refractivity contribution in [2.45, 2.75) is 45.8 Å². The molecule has 0 unspecified atom stereocenters. The van der Waals surface area contributed by atoms with Gasteiger partial charge in [0.25, 0.3) is 5.91 Å². The number of nitrogens with one attached hydrogen (secondary N) is 1. The van der Waals surface area contributed by atoms with E-state index in [2.05, 4.69) is 50.4 Å². The van der Waals surface area contributed by atoms with Crippen molar-refractivity contribution in [3.8, 4) is 11.5 Å². The fourth-order valence-corrected chi connectivity index (χ4v) is 3.58. The fourth-order valence-electron chi connectivity index (χ4n) is 3.39. The number of methoxy groups -OCH3 is 1. The van der Waals surface area contributed by atoms with Crippen LogP contribution in [0.5, 0.6) is 11.5 Å². The lowest BCUT2D eigenvalue weighted by atomic mass is 9.86. The molecule has 3 rings (SSSR count). The van der Waals surface area contributed by atoms with Crippen LogP contribution in [0.3, 0.4) is 0 Å². The molecular formula is C27H30ClNO3. The summed E-state index contributed by atoms with van der Waals surface area (Å²) in [6.45, 7) is 8.77. The van der Waals surface area contributed by atoms with Gasteiger partial charge in [0, 0.05) is 11.1 Å². The maximum atomic E-state index is 12.9. The first kappa shape index (κ1) is 23.7. The Balaban J connectivity index is 1.72. The number of para-hydroxylation sites is 1. The standard InChI is InChI=1S/C27H30ClNO3/c1-18(19-10-13-22(14-11-19)27(2,3)4)29-26(30)20-12-15-24(31-5)21(16-20)17-32-25-9-7-6-8-23(25)28/h6-16,18H,17H2,1-5H3,(H,29,30)/t18-/m0/s1. The first-order valence-electron chi connectivity index (χ1n) is 10.6. The van der Waals surface area contributed by atoms with Gasteiger partial charge in [0.15, 0.2) is 0 Å². The van der Waals surface area contributed by atoms with Gasteiger partial charge in [-0.1, -0.05) is 68.8 Å². The molecule has 0 aliphatic carbocycles. The lowest BCUT2D eigenvalue weighted by molar-refractivity contribution is 0.0939. The minimum Gasteiger partial charge on any atom is -0.496 e. The SMILES string of the molecule is COc1ccc(C(=O)N[C@@H](C)c2ccc(C(C)(C)C)cc2)cc1COc1ccccc1Cl. The highest BCUT2D eigenvalue weighted by Gasteiger charge is 2.17. The number of benzene rings is 3. The summed E-state index contributed by atoms with van der Waals surface area (Å²) in [5.74, 6) is 1.08. The Kier molecular flexibility index (Phi) is 7.47. The molecule has 32 heavy (non-hydrogen) atoms. The van der Waals surface area contributed by atoms with E-state index in [1.54, 1.807) is 37.4 Å². The van der Waals surface area contributed by atoms with Gasteiger partial charge in [-0.3, -0.25) is 4.79 Å². The highest BCUT2D eigenvalue weighted by molar-refractivity contribution is 6.32. The third-order valence-electron chi connectivity index (χ3n) is 5.39. The summed E-state index contributed by atoms with van der Waals surface area (Å²) in [7, 11) is 1.59. The molecule has 0 fully saturated rings. The van der Waals surface area contributed by atoms with Crippen LogP contribution in [0.15, 0.2) is 66.7 Å². The molecule has 1 amide bonds. The normalized spacial score (nSPS) is 12.2. The second-order valence-corrected chi connectivity index (χ2v) is 9.22. The molecule has 5 heteroatoms. The Morgan fingerprint density at radius 3 is 2.31 bits per heavy atom. The van der Waals surface area contributed by atoms with Crippen molar-refractivity contribution >= 4 is 17.5 Å². The first-order valence-corrected chi connectivity index (χ1v) is 11.0. The van der Waals surface area contributed by atoms with E-state index >= 15 is 0 Å². The van der Waals surface area contributed by atoms with Crippen LogP contribution in [-0.4, -0.2) is 13.0 Å². The van der Waals surface area contributed by atoms with Gasteiger partial charge in [0.05, 0.1) is 18.2 Å². The summed E-state index contributed by atoms with van der Waals surface area (Å²) in [4.78, 5) is 12.9. The predicted octanol–water partition coefficient (Wildman–Crippen LogP) is 6.72. The van der Waals surface area contributed by atoms with Crippen molar-refractivity contribution in [2.75, 3.05) is 7.11 Å². The Bertz CT molecular complexity index is 1070. The monoisotopic (exact) mass is 451 g/mol. The number of amides is 1. The molecular weight excluding hydrogens is 422 g/mol. The Morgan fingerprint density at radius 1 is 1.00 bits per heavy atom. The van der Waals surface area contributed by atoms with Crippen LogP contribution in [0.25, 0.3) is 0 Å². The minimum absolute atomic E-state index is 0.0938. The van der Waals surface area contributed by atoms with E-state index in [0.717, 1.165) is 11.1 Å². The van der Waals surface area contributed by atoms with E-state index in [1.165, 1.54) is 5.56 Å². The van der Waals surface area contributed by atoms with Gasteiger partial charge in [0.2, 0.25) is 0 Å². The van der Waals surface area contributed by atoms with Crippen LogP contribution in [0.4, 0.5) is 0 Å². The zero-order valence-corrected chi connectivity index (χ0v) is 20.0. The Labute approximate surface area is 195 Å². The van der Waals surface area contributed by atoms with Crippen LogP contribution >= 0.6 is 11.6 Å². The third-order valence-corrected chi connectivity index (χ3v) is 5.70. The van der Waals surface area contributed by atoms with Crippen LogP contribution < -0.4 is 14.8 Å². The van der Waals surface area contributed by atoms with E-state index in [9.17, 15) is 4.79 Å². The van der Waals surface area contributed by atoms with Gasteiger partial charge in [-0.25, -0.2) is 0 Å². The number of hydrogen-bond donors (Lipinski definition) is 1. The van der Waals surface area contributed by atoms with Crippen molar-refractivity contribution in [1.29, 1.82) is 0 Å². The maximum Gasteiger partial charge on any atom is 0.251 e. The summed E-state index contributed by atoms with van der Waals surface area (Å²) >= 11 is 6.18. The number of halogens is 1. The second-order valence-electron chi connectivity index (χ2n) is 8.81. The Morgan fingerprint density at radius 2 is 1.69 bits per heavy atom. The number of hydrogen-bond acceptors (Lipinski definition) is 3. The molecule has 0 aromatic heterocycles. The maximum absolute atomic E-state index is 12.9. The van der Waals surface area contributed by atoms with Gasteiger partial charge in [-0.15, -0.1) is 0 Å². The average Bonchev–Trinajstić information content (AvgIpc) is 2.77. The molecule has 0 radical (unpaired) electrons. The molecule has 0 bridgehead atoms. The lowest BCUT2D eigenvalue weighted by Gasteiger charge is -2.21. The van der Waals surface area contributed by atoms with Crippen molar-refractivity contribution in [3.05, 3.63) is 94.0 Å². The number of ether oxygens (including phenoxy) is 2. The van der Waals surface area contributed by atoms with Crippen LogP contribution in [0, 0.1) is 0 Å². The quantitative estimate of drug-likeness (QED) is 0.434. The number of carbonyl (C=O) groups is 1. The van der Waals surface area contributed by atoms with E-state index < -0.39 is 0 Å². The zero-order chi connectivity index (χ0) is 23.3. The summed E-state index contributed by atoms with van der Waals surface area (Å²) in [5, 5.41) is 3.61. The highest BCUT2D eigenvalue weighted by Crippen LogP contribution is 2.27. The molecule has 0 aliphatic heterocycles. The summed E-state index contributed by atoms with van der Waals surface area (Å²) < 4.78 is 11.3. The summed E-state index contributed by atoms with van der Waals surface area (Å²) in [6.07, 6.45) is 0. The van der Waals surface area contributed by atoms with E-state index in [0.29, 0.717) is 22.1 Å². The molecule has 3 aromatic rings. The molecule has 1 atom stereocenters. The van der Waals surface area contributed by atoms with Crippen LogP contribution in [-0.2, 0) is 12.0 Å². The van der Waals surface area contributed by atoms with E-state index in [-0.39, 0.29) is 24.0 Å². The van der Waals surface area contributed by atoms with Gasteiger partial charge < -0.3 is 14.8 Å². The molecule has 0 saturated heterocycles. The number of rotatable bonds is 7. The molecule has 0 spiro atoms. The van der Waals surface area contributed by atoms with Crippen molar-refractivity contribution < 1.29 is 14.3 Å². The third kappa shape index (κ3) is 5.83. The van der Waals surface area contributed by atoms with Crippen molar-refractivity contribution in [1.82, 2.24) is 5.32 Å². The van der Waals surface area contributed by atoms with E-state index in [1.807, 2.05) is 19.1 Å². The van der Waals surface area contributed by atoms with E-state index in [4.69, 9.17) is 21.1 Å². The van der Waals surface area contributed by atoms with Gasteiger partial charge in [-0.05, 0) is 53.8 Å². The van der Waals surface area contributed by atoms with Crippen molar-refractivity contribution in [2.24, 2.45) is 0 Å². The summed E-state index contributed by atoms with van der Waals surface area (Å²) in [6, 6.07) is 20.9. The molecule has 3 aromatic carbocycles. The minimum atomic E-state index is -0.154. The molecule has 0 saturated carbocycles. The number of carbonyl (C=O) groups excluding carboxylic acids is 1. The highest BCUT2D eigenvalue weighted by atomic mass is 35.5. The van der Waals surface area contributed by atoms with Crippen LogP contribution in [0.2, 0.25) is 5.02 Å². The molecule has 1 N–H and O–H groups in total. The van der Waals surface area contributed by atoms with Gasteiger partial charge in [-0.2, -0.15) is 0 Å². The average molecular weight is 452 g/mol.